The van der Waals surface area contributed by atoms with E-state index in [0.29, 0.717) is 12.0 Å². The summed E-state index contributed by atoms with van der Waals surface area (Å²) in [6.07, 6.45) is 0.864. The maximum absolute atomic E-state index is 9.04. The predicted octanol–water partition coefficient (Wildman–Crippen LogP) is 1.99. The molecule has 0 saturated heterocycles. The maximum atomic E-state index is 9.04. The first-order valence-electron chi connectivity index (χ1n) is 5.18. The van der Waals surface area contributed by atoms with Crippen molar-refractivity contribution >= 4 is 5.69 Å². The minimum Gasteiger partial charge on any atom is -0.396 e. The molecule has 1 aliphatic rings. The largest absolute Gasteiger partial charge is 0.396 e. The van der Waals surface area contributed by atoms with Crippen molar-refractivity contribution in [1.29, 1.82) is 0 Å². The number of benzene rings is 1. The van der Waals surface area contributed by atoms with Gasteiger partial charge in [0, 0.05) is 31.3 Å². The van der Waals surface area contributed by atoms with Crippen molar-refractivity contribution in [1.82, 2.24) is 0 Å². The SMILES string of the molecule is C[C@@H]1[C@H](CCO)c2ccccc2N1C. The number of aliphatic hydroxyl groups excluding tert-OH is 1. The number of nitrogens with zero attached hydrogens (tertiary/aromatic N) is 1. The lowest BCUT2D eigenvalue weighted by Gasteiger charge is -2.22. The van der Waals surface area contributed by atoms with Gasteiger partial charge in [0.2, 0.25) is 0 Å². The number of aliphatic hydroxyl groups is 1. The number of fused-ring (bicyclic) bond motifs is 1. The van der Waals surface area contributed by atoms with Gasteiger partial charge in [-0.05, 0) is 25.0 Å². The minimum atomic E-state index is 0.275. The number of hydrogen-bond donors (Lipinski definition) is 1. The highest BCUT2D eigenvalue weighted by Crippen LogP contribution is 2.41. The second-order valence-electron chi connectivity index (χ2n) is 4.03. The molecule has 0 saturated carbocycles. The van der Waals surface area contributed by atoms with Gasteiger partial charge in [-0.3, -0.25) is 0 Å². The van der Waals surface area contributed by atoms with Crippen molar-refractivity contribution in [3.05, 3.63) is 29.8 Å². The third-order valence-electron chi connectivity index (χ3n) is 3.35. The summed E-state index contributed by atoms with van der Waals surface area (Å²) in [5.41, 5.74) is 2.70. The second-order valence-corrected chi connectivity index (χ2v) is 4.03. The molecule has 0 bridgehead atoms. The molecule has 0 radical (unpaired) electrons. The van der Waals surface area contributed by atoms with E-state index >= 15 is 0 Å². The standard InChI is InChI=1S/C12H17NO/c1-9-10(7-8-14)11-5-3-4-6-12(11)13(9)2/h3-6,9-10,14H,7-8H2,1-2H3/t9-,10+/m1/s1. The molecule has 1 heterocycles. The highest BCUT2D eigenvalue weighted by molar-refractivity contribution is 5.60. The average Bonchev–Trinajstić information content (AvgIpc) is 2.45. The van der Waals surface area contributed by atoms with Gasteiger partial charge < -0.3 is 10.0 Å². The van der Waals surface area contributed by atoms with Crippen molar-refractivity contribution in [2.75, 3.05) is 18.6 Å². The quantitative estimate of drug-likeness (QED) is 0.772. The first-order chi connectivity index (χ1) is 6.75. The number of likely N-dealkylation sites (N-methyl/N-ethyl adjacent to an activating group) is 1. The number of rotatable bonds is 2. The van der Waals surface area contributed by atoms with E-state index in [2.05, 4.69) is 43.1 Å². The molecule has 2 heteroatoms. The summed E-state index contributed by atoms with van der Waals surface area (Å²) in [4.78, 5) is 2.30. The van der Waals surface area contributed by atoms with Crippen LogP contribution < -0.4 is 4.90 Å². The van der Waals surface area contributed by atoms with Crippen LogP contribution in [0.15, 0.2) is 24.3 Å². The Hall–Kier alpha value is -1.02. The molecule has 2 rings (SSSR count). The predicted molar refractivity (Wildman–Crippen MR) is 58.8 cm³/mol. The summed E-state index contributed by atoms with van der Waals surface area (Å²) >= 11 is 0. The molecule has 2 nitrogen and oxygen atoms in total. The molecule has 1 N–H and O–H groups in total. The molecule has 0 aliphatic carbocycles. The number of hydrogen-bond acceptors (Lipinski definition) is 2. The van der Waals surface area contributed by atoms with Gasteiger partial charge in [0.25, 0.3) is 0 Å². The number of anilines is 1. The fourth-order valence-electron chi connectivity index (χ4n) is 2.41. The Balaban J connectivity index is 2.37. The Morgan fingerprint density at radius 2 is 2.07 bits per heavy atom. The zero-order valence-electron chi connectivity index (χ0n) is 8.77. The Labute approximate surface area is 85.2 Å². The van der Waals surface area contributed by atoms with Gasteiger partial charge in [-0.1, -0.05) is 18.2 Å². The van der Waals surface area contributed by atoms with Crippen LogP contribution in [0.4, 0.5) is 5.69 Å². The van der Waals surface area contributed by atoms with E-state index in [9.17, 15) is 0 Å². The van der Waals surface area contributed by atoms with Gasteiger partial charge in [-0.15, -0.1) is 0 Å². The Kier molecular flexibility index (Phi) is 2.46. The third kappa shape index (κ3) is 1.30. The molecule has 0 amide bonds. The summed E-state index contributed by atoms with van der Waals surface area (Å²) in [5.74, 6) is 0.487. The van der Waals surface area contributed by atoms with Gasteiger partial charge in [0.05, 0.1) is 0 Å². The number of para-hydroxylation sites is 1. The Morgan fingerprint density at radius 1 is 1.36 bits per heavy atom. The molecule has 76 valence electrons. The molecular formula is C12H17NO. The zero-order chi connectivity index (χ0) is 10.1. The van der Waals surface area contributed by atoms with Crippen LogP contribution in [0.1, 0.15) is 24.8 Å². The lowest BCUT2D eigenvalue weighted by Crippen LogP contribution is -2.27. The van der Waals surface area contributed by atoms with E-state index in [1.807, 2.05) is 0 Å². The minimum absolute atomic E-state index is 0.275. The van der Waals surface area contributed by atoms with Crippen molar-refractivity contribution in [2.24, 2.45) is 0 Å². The highest BCUT2D eigenvalue weighted by Gasteiger charge is 2.32. The van der Waals surface area contributed by atoms with Crippen LogP contribution in [0.2, 0.25) is 0 Å². The van der Waals surface area contributed by atoms with Crippen molar-refractivity contribution in [3.8, 4) is 0 Å². The summed E-state index contributed by atoms with van der Waals surface area (Å²) in [6.45, 7) is 2.50. The molecule has 0 fully saturated rings. The topological polar surface area (TPSA) is 23.5 Å². The molecular weight excluding hydrogens is 174 g/mol. The van der Waals surface area contributed by atoms with Gasteiger partial charge in [-0.25, -0.2) is 0 Å². The van der Waals surface area contributed by atoms with Gasteiger partial charge in [0.15, 0.2) is 0 Å². The van der Waals surface area contributed by atoms with E-state index in [-0.39, 0.29) is 6.61 Å². The zero-order valence-corrected chi connectivity index (χ0v) is 8.77. The van der Waals surface area contributed by atoms with E-state index in [4.69, 9.17) is 5.11 Å². The Bertz CT molecular complexity index is 324. The lowest BCUT2D eigenvalue weighted by molar-refractivity contribution is 0.271. The molecule has 14 heavy (non-hydrogen) atoms. The van der Waals surface area contributed by atoms with E-state index < -0.39 is 0 Å². The van der Waals surface area contributed by atoms with Gasteiger partial charge in [-0.2, -0.15) is 0 Å². The Morgan fingerprint density at radius 3 is 2.79 bits per heavy atom. The van der Waals surface area contributed by atoms with Crippen molar-refractivity contribution < 1.29 is 5.11 Å². The van der Waals surface area contributed by atoms with Crippen LogP contribution in [0.5, 0.6) is 0 Å². The summed E-state index contributed by atoms with van der Waals surface area (Å²) < 4.78 is 0. The summed E-state index contributed by atoms with van der Waals surface area (Å²) in [6, 6.07) is 8.98. The molecule has 0 aromatic heterocycles. The molecule has 2 atom stereocenters. The van der Waals surface area contributed by atoms with Crippen LogP contribution >= 0.6 is 0 Å². The van der Waals surface area contributed by atoms with Crippen LogP contribution in [0, 0.1) is 0 Å². The summed E-state index contributed by atoms with van der Waals surface area (Å²) in [7, 11) is 2.13. The maximum Gasteiger partial charge on any atom is 0.0437 e. The molecule has 0 spiro atoms. The third-order valence-corrected chi connectivity index (χ3v) is 3.35. The van der Waals surface area contributed by atoms with Crippen LogP contribution in [-0.2, 0) is 0 Å². The molecule has 1 aromatic carbocycles. The fourth-order valence-corrected chi connectivity index (χ4v) is 2.41. The van der Waals surface area contributed by atoms with Crippen molar-refractivity contribution in [3.63, 3.8) is 0 Å². The van der Waals surface area contributed by atoms with Gasteiger partial charge >= 0.3 is 0 Å². The van der Waals surface area contributed by atoms with Crippen LogP contribution in [0.3, 0.4) is 0 Å². The van der Waals surface area contributed by atoms with E-state index in [1.54, 1.807) is 0 Å². The fraction of sp³-hybridized carbons (Fsp3) is 0.500. The van der Waals surface area contributed by atoms with Crippen LogP contribution in [-0.4, -0.2) is 24.8 Å². The smallest absolute Gasteiger partial charge is 0.0437 e. The van der Waals surface area contributed by atoms with E-state index in [1.165, 1.54) is 11.3 Å². The lowest BCUT2D eigenvalue weighted by atomic mass is 9.93. The second kappa shape index (κ2) is 3.62. The molecule has 1 aromatic rings. The van der Waals surface area contributed by atoms with E-state index in [0.717, 1.165) is 6.42 Å². The first kappa shape index (κ1) is 9.53. The highest BCUT2D eigenvalue weighted by atomic mass is 16.3. The van der Waals surface area contributed by atoms with Gasteiger partial charge in [0.1, 0.15) is 0 Å². The van der Waals surface area contributed by atoms with Crippen molar-refractivity contribution in [2.45, 2.75) is 25.3 Å². The monoisotopic (exact) mass is 191 g/mol. The first-order valence-corrected chi connectivity index (χ1v) is 5.18. The molecule has 1 aliphatic heterocycles. The average molecular weight is 191 g/mol. The van der Waals surface area contributed by atoms with Crippen LogP contribution in [0.25, 0.3) is 0 Å². The normalized spacial score (nSPS) is 25.2. The summed E-state index contributed by atoms with van der Waals surface area (Å²) in [5, 5.41) is 9.04. The molecule has 0 unspecified atom stereocenters.